The fourth-order valence-electron chi connectivity index (χ4n) is 2.06. The topological polar surface area (TPSA) is 29.9 Å². The van der Waals surface area contributed by atoms with Crippen LogP contribution in [0.1, 0.15) is 16.7 Å². The molecule has 2 aromatic rings. The second kappa shape index (κ2) is 6.36. The molecule has 0 aliphatic carbocycles. The summed E-state index contributed by atoms with van der Waals surface area (Å²) < 4.78 is 1.85. The molecule has 0 saturated heterocycles. The lowest BCUT2D eigenvalue weighted by molar-refractivity contribution is 0.681. The predicted molar refractivity (Wildman–Crippen MR) is 74.7 cm³/mol. The molecule has 0 unspecified atom stereocenters. The van der Waals surface area contributed by atoms with E-state index in [1.165, 1.54) is 16.7 Å². The normalized spacial score (nSPS) is 10.8. The van der Waals surface area contributed by atoms with Gasteiger partial charge in [0.05, 0.1) is 6.20 Å². The van der Waals surface area contributed by atoms with E-state index in [-0.39, 0.29) is 0 Å². The quantitative estimate of drug-likeness (QED) is 0.787. The van der Waals surface area contributed by atoms with Gasteiger partial charge in [0, 0.05) is 13.2 Å². The average Bonchev–Trinajstić information content (AvgIpc) is 2.75. The van der Waals surface area contributed by atoms with Gasteiger partial charge in [-0.25, -0.2) is 0 Å². The van der Waals surface area contributed by atoms with Crippen LogP contribution < -0.4 is 5.32 Å². The van der Waals surface area contributed by atoms with Gasteiger partial charge in [0.15, 0.2) is 0 Å². The van der Waals surface area contributed by atoms with Crippen LogP contribution in [-0.4, -0.2) is 22.9 Å². The molecule has 0 bridgehead atoms. The molecular formula is C15H21N3. The van der Waals surface area contributed by atoms with Crippen LogP contribution in [0.4, 0.5) is 0 Å². The lowest BCUT2D eigenvalue weighted by atomic mass is 10.1. The van der Waals surface area contributed by atoms with Crippen molar-refractivity contribution in [3.63, 3.8) is 0 Å². The van der Waals surface area contributed by atoms with E-state index in [2.05, 4.69) is 47.8 Å². The van der Waals surface area contributed by atoms with Crippen molar-refractivity contribution < 1.29 is 0 Å². The standard InChI is InChI=1S/C15H21N3/c1-13-4-3-5-14(10-13)6-8-16-9-7-15-11-17-18(2)12-15/h3-5,10-12,16H,6-9H2,1-2H3. The summed E-state index contributed by atoms with van der Waals surface area (Å²) in [5, 5.41) is 7.64. The van der Waals surface area contributed by atoms with Crippen LogP contribution in [0.25, 0.3) is 0 Å². The molecule has 18 heavy (non-hydrogen) atoms. The van der Waals surface area contributed by atoms with E-state index in [0.717, 1.165) is 25.9 Å². The van der Waals surface area contributed by atoms with Crippen molar-refractivity contribution in [1.82, 2.24) is 15.1 Å². The maximum Gasteiger partial charge on any atom is 0.0522 e. The SMILES string of the molecule is Cc1cccc(CCNCCc2cnn(C)c2)c1. The summed E-state index contributed by atoms with van der Waals surface area (Å²) in [5.41, 5.74) is 4.03. The van der Waals surface area contributed by atoms with Crippen LogP contribution >= 0.6 is 0 Å². The van der Waals surface area contributed by atoms with Crippen molar-refractivity contribution in [2.24, 2.45) is 7.05 Å². The molecule has 96 valence electrons. The zero-order valence-electron chi connectivity index (χ0n) is 11.2. The average molecular weight is 243 g/mol. The van der Waals surface area contributed by atoms with Crippen molar-refractivity contribution in [2.45, 2.75) is 19.8 Å². The summed E-state index contributed by atoms with van der Waals surface area (Å²) in [4.78, 5) is 0. The summed E-state index contributed by atoms with van der Waals surface area (Å²) in [6, 6.07) is 8.71. The summed E-state index contributed by atoms with van der Waals surface area (Å²) in [7, 11) is 1.95. The van der Waals surface area contributed by atoms with Gasteiger partial charge in [0.1, 0.15) is 0 Å². The second-order valence-corrected chi connectivity index (χ2v) is 4.76. The molecule has 0 fully saturated rings. The van der Waals surface area contributed by atoms with E-state index in [0.29, 0.717) is 0 Å². The Morgan fingerprint density at radius 2 is 1.94 bits per heavy atom. The fraction of sp³-hybridized carbons (Fsp3) is 0.400. The lowest BCUT2D eigenvalue weighted by Crippen LogP contribution is -2.20. The largest absolute Gasteiger partial charge is 0.316 e. The highest BCUT2D eigenvalue weighted by atomic mass is 15.2. The van der Waals surface area contributed by atoms with Crippen LogP contribution in [0, 0.1) is 6.92 Å². The smallest absolute Gasteiger partial charge is 0.0522 e. The Balaban J connectivity index is 1.64. The Labute approximate surface area is 109 Å². The van der Waals surface area contributed by atoms with E-state index in [1.54, 1.807) is 0 Å². The third-order valence-electron chi connectivity index (χ3n) is 3.02. The Bertz CT molecular complexity index is 488. The maximum atomic E-state index is 4.16. The van der Waals surface area contributed by atoms with E-state index >= 15 is 0 Å². The summed E-state index contributed by atoms with van der Waals surface area (Å²) in [6.07, 6.45) is 6.14. The number of aromatic nitrogens is 2. The molecule has 1 heterocycles. The molecule has 0 spiro atoms. The first-order chi connectivity index (χ1) is 8.74. The van der Waals surface area contributed by atoms with Crippen molar-refractivity contribution in [1.29, 1.82) is 0 Å². The van der Waals surface area contributed by atoms with E-state index in [4.69, 9.17) is 0 Å². The number of aryl methyl sites for hydroxylation is 2. The second-order valence-electron chi connectivity index (χ2n) is 4.76. The summed E-state index contributed by atoms with van der Waals surface area (Å²) in [6.45, 7) is 4.18. The zero-order chi connectivity index (χ0) is 12.8. The molecule has 0 amide bonds. The highest BCUT2D eigenvalue weighted by Gasteiger charge is 1.96. The van der Waals surface area contributed by atoms with Crippen LogP contribution in [0.15, 0.2) is 36.7 Å². The lowest BCUT2D eigenvalue weighted by Gasteiger charge is -2.04. The van der Waals surface area contributed by atoms with Gasteiger partial charge in [0.25, 0.3) is 0 Å². The molecule has 0 radical (unpaired) electrons. The van der Waals surface area contributed by atoms with E-state index in [1.807, 2.05) is 17.9 Å². The Morgan fingerprint density at radius 3 is 2.61 bits per heavy atom. The first-order valence-corrected chi connectivity index (χ1v) is 6.48. The molecule has 0 aliphatic heterocycles. The molecule has 3 heteroatoms. The van der Waals surface area contributed by atoms with E-state index < -0.39 is 0 Å². The van der Waals surface area contributed by atoms with Gasteiger partial charge in [-0.3, -0.25) is 4.68 Å². The first-order valence-electron chi connectivity index (χ1n) is 6.48. The van der Waals surface area contributed by atoms with Crippen molar-refractivity contribution >= 4 is 0 Å². The van der Waals surface area contributed by atoms with E-state index in [9.17, 15) is 0 Å². The van der Waals surface area contributed by atoms with Gasteiger partial charge < -0.3 is 5.32 Å². The van der Waals surface area contributed by atoms with Crippen LogP contribution in [0.3, 0.4) is 0 Å². The summed E-state index contributed by atoms with van der Waals surface area (Å²) in [5.74, 6) is 0. The van der Waals surface area contributed by atoms with Gasteiger partial charge in [-0.2, -0.15) is 5.10 Å². The molecule has 1 aromatic heterocycles. The minimum Gasteiger partial charge on any atom is -0.316 e. The third-order valence-corrected chi connectivity index (χ3v) is 3.02. The Morgan fingerprint density at radius 1 is 1.17 bits per heavy atom. The van der Waals surface area contributed by atoms with Crippen molar-refractivity contribution in [2.75, 3.05) is 13.1 Å². The number of nitrogens with one attached hydrogen (secondary N) is 1. The molecule has 1 aromatic carbocycles. The number of rotatable bonds is 6. The molecule has 1 N–H and O–H groups in total. The number of hydrogen-bond donors (Lipinski definition) is 1. The van der Waals surface area contributed by atoms with Gasteiger partial charge in [0.2, 0.25) is 0 Å². The maximum absolute atomic E-state index is 4.16. The number of nitrogens with zero attached hydrogens (tertiary/aromatic N) is 2. The minimum absolute atomic E-state index is 1.01. The highest BCUT2D eigenvalue weighted by Crippen LogP contribution is 2.04. The van der Waals surface area contributed by atoms with Gasteiger partial charge in [-0.15, -0.1) is 0 Å². The number of hydrogen-bond acceptors (Lipinski definition) is 2. The first kappa shape index (κ1) is 12.8. The van der Waals surface area contributed by atoms with Gasteiger partial charge >= 0.3 is 0 Å². The third kappa shape index (κ3) is 4.00. The Kier molecular flexibility index (Phi) is 4.53. The highest BCUT2D eigenvalue weighted by molar-refractivity contribution is 5.22. The molecule has 2 rings (SSSR count). The predicted octanol–water partition coefficient (Wildman–Crippen LogP) is 2.10. The Hall–Kier alpha value is -1.61. The monoisotopic (exact) mass is 243 g/mol. The summed E-state index contributed by atoms with van der Waals surface area (Å²) >= 11 is 0. The van der Waals surface area contributed by atoms with Crippen LogP contribution in [-0.2, 0) is 19.9 Å². The van der Waals surface area contributed by atoms with Crippen molar-refractivity contribution in [3.8, 4) is 0 Å². The molecule has 3 nitrogen and oxygen atoms in total. The van der Waals surface area contributed by atoms with Crippen LogP contribution in [0.5, 0.6) is 0 Å². The van der Waals surface area contributed by atoms with Gasteiger partial charge in [-0.1, -0.05) is 29.8 Å². The fourth-order valence-corrected chi connectivity index (χ4v) is 2.06. The molecule has 0 saturated carbocycles. The zero-order valence-corrected chi connectivity index (χ0v) is 11.2. The molecule has 0 aliphatic rings. The van der Waals surface area contributed by atoms with Crippen molar-refractivity contribution in [3.05, 3.63) is 53.3 Å². The molecule has 0 atom stereocenters. The minimum atomic E-state index is 1.01. The number of benzene rings is 1. The van der Waals surface area contributed by atoms with Crippen LogP contribution in [0.2, 0.25) is 0 Å². The van der Waals surface area contributed by atoms with Gasteiger partial charge in [-0.05, 0) is 44.0 Å². The molecular weight excluding hydrogens is 222 g/mol.